The van der Waals surface area contributed by atoms with E-state index in [1.54, 1.807) is 31.7 Å². The lowest BCUT2D eigenvalue weighted by molar-refractivity contribution is -0.132. The summed E-state index contributed by atoms with van der Waals surface area (Å²) in [5.74, 6) is -0.706. The summed E-state index contributed by atoms with van der Waals surface area (Å²) in [4.78, 5) is 30.2. The maximum atomic E-state index is 13.9. The number of benzene rings is 1. The lowest BCUT2D eigenvalue weighted by Gasteiger charge is -2.32. The second-order valence-corrected chi connectivity index (χ2v) is 9.70. The molecule has 2 aromatic rings. The molecule has 0 radical (unpaired) electrons. The van der Waals surface area contributed by atoms with Crippen molar-refractivity contribution in [3.63, 3.8) is 0 Å². The number of aliphatic hydroxyl groups excluding tert-OH is 1. The van der Waals surface area contributed by atoms with Crippen LogP contribution in [-0.4, -0.2) is 46.9 Å². The first-order valence-electron chi connectivity index (χ1n) is 10.9. The fourth-order valence-corrected chi connectivity index (χ4v) is 3.99. The Bertz CT molecular complexity index is 993. The van der Waals surface area contributed by atoms with Gasteiger partial charge in [0.2, 0.25) is 11.8 Å². The minimum Gasteiger partial charge on any atom is -0.438 e. The number of halogens is 1. The molecule has 3 rings (SSSR count). The van der Waals surface area contributed by atoms with Gasteiger partial charge in [0.05, 0.1) is 18.2 Å². The number of thioether (sulfide) groups is 1. The van der Waals surface area contributed by atoms with E-state index in [-0.39, 0.29) is 36.0 Å². The molecule has 0 aliphatic heterocycles. The quantitative estimate of drug-likeness (QED) is 0.501. The third-order valence-corrected chi connectivity index (χ3v) is 6.45. The molecule has 1 aromatic carbocycles. The summed E-state index contributed by atoms with van der Waals surface area (Å²) in [5, 5.41) is 15.3. The summed E-state index contributed by atoms with van der Waals surface area (Å²) in [6.45, 7) is 3.16. The van der Waals surface area contributed by atoms with Gasteiger partial charge in [0, 0.05) is 17.0 Å². The zero-order chi connectivity index (χ0) is 24.0. The topological polar surface area (TPSA) is 101 Å². The number of pyridine rings is 1. The Morgan fingerprint density at radius 1 is 1.18 bits per heavy atom. The average molecular weight is 476 g/mol. The Labute approximate surface area is 197 Å². The number of nitrogens with zero attached hydrogens (tertiary/aromatic N) is 1. The number of hydrogen-bond donors (Lipinski definition) is 3. The van der Waals surface area contributed by atoms with Crippen LogP contribution >= 0.6 is 11.8 Å². The van der Waals surface area contributed by atoms with E-state index in [4.69, 9.17) is 4.74 Å². The molecular weight excluding hydrogens is 445 g/mol. The van der Waals surface area contributed by atoms with E-state index in [0.29, 0.717) is 31.4 Å². The predicted octanol–water partition coefficient (Wildman–Crippen LogP) is 3.91. The molecule has 7 nitrogen and oxygen atoms in total. The lowest BCUT2D eigenvalue weighted by Crippen LogP contribution is -2.48. The van der Waals surface area contributed by atoms with Crippen molar-refractivity contribution in [1.82, 2.24) is 15.6 Å². The number of rotatable bonds is 8. The molecule has 1 aliphatic carbocycles. The molecule has 0 saturated heterocycles. The molecule has 178 valence electrons. The van der Waals surface area contributed by atoms with Crippen LogP contribution in [0.4, 0.5) is 4.39 Å². The van der Waals surface area contributed by atoms with Gasteiger partial charge in [-0.15, -0.1) is 11.8 Å². The molecule has 3 N–H and O–H groups in total. The maximum Gasteiger partial charge on any atom is 0.257 e. The van der Waals surface area contributed by atoms with Gasteiger partial charge in [0.15, 0.2) is 0 Å². The second kappa shape index (κ2) is 11.0. The number of carbonyl (C=O) groups excluding carboxylic acids is 2. The molecule has 33 heavy (non-hydrogen) atoms. The first-order chi connectivity index (χ1) is 15.7. The highest BCUT2D eigenvalue weighted by molar-refractivity contribution is 7.98. The fourth-order valence-electron chi connectivity index (χ4n) is 3.54. The summed E-state index contributed by atoms with van der Waals surface area (Å²) in [5.41, 5.74) is -0.800. The van der Waals surface area contributed by atoms with Crippen LogP contribution in [0.15, 0.2) is 41.4 Å². The molecule has 1 aliphatic rings. The number of nitrogens with one attached hydrogen (secondary N) is 2. The van der Waals surface area contributed by atoms with Crippen LogP contribution in [0.3, 0.4) is 0 Å². The first-order valence-corrected chi connectivity index (χ1v) is 12.1. The molecule has 0 atom stereocenters. The van der Waals surface area contributed by atoms with Gasteiger partial charge in [-0.25, -0.2) is 9.37 Å². The number of hydrogen-bond acceptors (Lipinski definition) is 6. The third-order valence-electron chi connectivity index (χ3n) is 5.73. The number of ether oxygens (including phenoxy) is 1. The zero-order valence-corrected chi connectivity index (χ0v) is 19.9. The summed E-state index contributed by atoms with van der Waals surface area (Å²) in [7, 11) is 0. The van der Waals surface area contributed by atoms with Crippen molar-refractivity contribution >= 4 is 23.6 Å². The van der Waals surface area contributed by atoms with Crippen molar-refractivity contribution in [2.24, 2.45) is 5.41 Å². The van der Waals surface area contributed by atoms with Crippen molar-refractivity contribution in [1.29, 1.82) is 0 Å². The van der Waals surface area contributed by atoms with Crippen molar-refractivity contribution in [3.05, 3.63) is 47.9 Å². The van der Waals surface area contributed by atoms with E-state index in [1.807, 2.05) is 24.5 Å². The smallest absolute Gasteiger partial charge is 0.257 e. The largest absolute Gasteiger partial charge is 0.438 e. The number of carbonyl (C=O) groups is 2. The van der Waals surface area contributed by atoms with Crippen molar-refractivity contribution in [3.8, 4) is 11.6 Å². The van der Waals surface area contributed by atoms with Crippen molar-refractivity contribution < 1.29 is 23.8 Å². The lowest BCUT2D eigenvalue weighted by atomic mass is 9.88. The predicted molar refractivity (Wildman–Crippen MR) is 125 cm³/mol. The molecule has 1 aromatic heterocycles. The van der Waals surface area contributed by atoms with E-state index >= 15 is 0 Å². The van der Waals surface area contributed by atoms with Gasteiger partial charge in [0.1, 0.15) is 17.1 Å². The zero-order valence-electron chi connectivity index (χ0n) is 19.1. The SMILES string of the molecule is CSc1cccc(Oc2ncc(F)cc2C(=O)NC2CCC(NC(=O)C(C)(C)CO)CC2)c1. The van der Waals surface area contributed by atoms with Gasteiger partial charge in [-0.1, -0.05) is 6.07 Å². The Kier molecular flexibility index (Phi) is 8.31. The minimum absolute atomic E-state index is 0.00470. The molecule has 0 bridgehead atoms. The molecule has 2 amide bonds. The monoisotopic (exact) mass is 475 g/mol. The summed E-state index contributed by atoms with van der Waals surface area (Å²) >= 11 is 1.56. The molecule has 0 unspecified atom stereocenters. The van der Waals surface area contributed by atoms with Crippen LogP contribution < -0.4 is 15.4 Å². The van der Waals surface area contributed by atoms with E-state index in [1.165, 1.54) is 0 Å². The Hall–Kier alpha value is -2.65. The number of aromatic nitrogens is 1. The van der Waals surface area contributed by atoms with Crippen LogP contribution in [-0.2, 0) is 4.79 Å². The van der Waals surface area contributed by atoms with E-state index < -0.39 is 17.1 Å². The van der Waals surface area contributed by atoms with Gasteiger partial charge in [0.25, 0.3) is 5.91 Å². The molecule has 1 heterocycles. The summed E-state index contributed by atoms with van der Waals surface area (Å²) in [6.07, 6.45) is 5.71. The van der Waals surface area contributed by atoms with Crippen LogP contribution in [0.1, 0.15) is 49.9 Å². The third kappa shape index (κ3) is 6.68. The number of aliphatic hydroxyl groups is 1. The Balaban J connectivity index is 1.62. The normalized spacial score (nSPS) is 18.5. The summed E-state index contributed by atoms with van der Waals surface area (Å²) in [6, 6.07) is 8.36. The van der Waals surface area contributed by atoms with Gasteiger partial charge in [-0.05, 0) is 70.1 Å². The molecule has 1 fully saturated rings. The van der Waals surface area contributed by atoms with Crippen molar-refractivity contribution in [2.75, 3.05) is 12.9 Å². The fraction of sp³-hybridized carbons (Fsp3) is 0.458. The summed E-state index contributed by atoms with van der Waals surface area (Å²) < 4.78 is 19.7. The maximum absolute atomic E-state index is 13.9. The standard InChI is InChI=1S/C24H30FN3O4S/c1-24(2,14-29)23(31)28-17-9-7-16(8-10-17)27-21(30)20-11-15(25)13-26-22(20)32-18-5-4-6-19(12-18)33-3/h4-6,11-13,16-17,29H,7-10,14H2,1-3H3,(H,27,30)(H,28,31). The molecule has 0 spiro atoms. The molecule has 9 heteroatoms. The molecular formula is C24H30FN3O4S. The van der Waals surface area contributed by atoms with Gasteiger partial charge >= 0.3 is 0 Å². The Morgan fingerprint density at radius 2 is 1.85 bits per heavy atom. The highest BCUT2D eigenvalue weighted by atomic mass is 32.2. The van der Waals surface area contributed by atoms with Crippen LogP contribution in [0.5, 0.6) is 11.6 Å². The van der Waals surface area contributed by atoms with Crippen LogP contribution in [0.25, 0.3) is 0 Å². The van der Waals surface area contributed by atoms with E-state index in [2.05, 4.69) is 15.6 Å². The van der Waals surface area contributed by atoms with Gasteiger partial charge < -0.3 is 20.5 Å². The van der Waals surface area contributed by atoms with Crippen LogP contribution in [0.2, 0.25) is 0 Å². The van der Waals surface area contributed by atoms with Gasteiger partial charge in [-0.2, -0.15) is 0 Å². The van der Waals surface area contributed by atoms with Crippen LogP contribution in [0, 0.1) is 11.2 Å². The Morgan fingerprint density at radius 3 is 2.48 bits per heavy atom. The van der Waals surface area contributed by atoms with E-state index in [0.717, 1.165) is 17.2 Å². The highest BCUT2D eigenvalue weighted by Crippen LogP contribution is 2.28. The van der Waals surface area contributed by atoms with Crippen molar-refractivity contribution in [2.45, 2.75) is 56.5 Å². The molecule has 1 saturated carbocycles. The second-order valence-electron chi connectivity index (χ2n) is 8.82. The van der Waals surface area contributed by atoms with Gasteiger partial charge in [-0.3, -0.25) is 9.59 Å². The van der Waals surface area contributed by atoms with E-state index in [9.17, 15) is 19.1 Å². The average Bonchev–Trinajstić information content (AvgIpc) is 2.81. The first kappa shape index (κ1) is 25.0. The number of amides is 2. The minimum atomic E-state index is -0.832. The highest BCUT2D eigenvalue weighted by Gasteiger charge is 2.31.